The quantitative estimate of drug-likeness (QED) is 0.231. The average Bonchev–Trinajstić information content (AvgIpc) is 3.59. The first-order valence-electron chi connectivity index (χ1n) is 18.2. The molecule has 3 aliphatic heterocycles. The Bertz CT molecular complexity index is 2160. The molecule has 5 aromatic rings. The maximum atomic E-state index is 13.0. The number of carboxylic acid groups (broad SMARTS) is 1. The fourth-order valence-electron chi connectivity index (χ4n) is 7.64. The highest BCUT2D eigenvalue weighted by Gasteiger charge is 2.31. The molecule has 0 saturated carbocycles. The average molecular weight is 716 g/mol. The van der Waals surface area contributed by atoms with E-state index >= 15 is 0 Å². The predicted molar refractivity (Wildman–Crippen MR) is 196 cm³/mol. The first-order valence-corrected chi connectivity index (χ1v) is 18.2. The minimum absolute atomic E-state index is 0.0593. The number of amides is 2. The maximum absolute atomic E-state index is 13.0. The van der Waals surface area contributed by atoms with Crippen LogP contribution < -0.4 is 10.2 Å². The van der Waals surface area contributed by atoms with Gasteiger partial charge in [-0.05, 0) is 55.2 Å². The molecular formula is C39H41N9O5. The van der Waals surface area contributed by atoms with E-state index < -0.39 is 5.97 Å². The standard InChI is InChI=1S/C39H41N9O5/c1-24(49)47-14-9-35-32(23-47)36(45-48(35)29-10-15-53-16-11-29)30-4-2-3-26-17-34(41-22-31(26)30)27-5-6-33(40-19-27)37(50)42-18-25-7-12-46(13-8-25)39-43-20-28(21-44-39)38(51)52/h2-6,17,19-22,25,29H,7-16,18,23H2,1H3,(H,42,50)(H,51,52). The van der Waals surface area contributed by atoms with Crippen LogP contribution in [0.1, 0.15) is 70.8 Å². The molecule has 2 N–H and O–H groups in total. The van der Waals surface area contributed by atoms with Crippen molar-refractivity contribution in [3.05, 3.63) is 83.7 Å². The van der Waals surface area contributed by atoms with Crippen LogP contribution >= 0.6 is 0 Å². The van der Waals surface area contributed by atoms with Crippen molar-refractivity contribution in [3.63, 3.8) is 0 Å². The summed E-state index contributed by atoms with van der Waals surface area (Å²) in [5.74, 6) is -0.396. The number of carbonyl (C=O) groups excluding carboxylic acids is 2. The minimum atomic E-state index is -1.05. The third-order valence-electron chi connectivity index (χ3n) is 10.7. The lowest BCUT2D eigenvalue weighted by atomic mass is 9.96. The molecule has 2 fully saturated rings. The van der Waals surface area contributed by atoms with Crippen LogP contribution in [0.2, 0.25) is 0 Å². The molecule has 8 rings (SSSR count). The highest BCUT2D eigenvalue weighted by molar-refractivity contribution is 5.98. The summed E-state index contributed by atoms with van der Waals surface area (Å²) >= 11 is 0. The van der Waals surface area contributed by atoms with Gasteiger partial charge in [0.2, 0.25) is 11.9 Å². The van der Waals surface area contributed by atoms with Gasteiger partial charge >= 0.3 is 5.97 Å². The fraction of sp³-hybridized carbons (Fsp3) is 0.385. The van der Waals surface area contributed by atoms with E-state index in [4.69, 9.17) is 19.9 Å². The number of aromatic carboxylic acids is 1. The van der Waals surface area contributed by atoms with Crippen LogP contribution in [-0.2, 0) is 22.5 Å². The number of hydrogen-bond donors (Lipinski definition) is 2. The Morgan fingerprint density at radius 2 is 1.72 bits per heavy atom. The van der Waals surface area contributed by atoms with Gasteiger partial charge in [0, 0.05) is 112 Å². The number of benzene rings is 1. The zero-order valence-electron chi connectivity index (χ0n) is 29.6. The van der Waals surface area contributed by atoms with Gasteiger partial charge in [0.15, 0.2) is 0 Å². The number of hydrogen-bond acceptors (Lipinski definition) is 10. The fourth-order valence-corrected chi connectivity index (χ4v) is 7.64. The van der Waals surface area contributed by atoms with E-state index in [0.717, 1.165) is 97.3 Å². The second-order valence-electron chi connectivity index (χ2n) is 14.0. The second kappa shape index (κ2) is 14.7. The molecule has 0 unspecified atom stereocenters. The lowest BCUT2D eigenvalue weighted by molar-refractivity contribution is -0.129. The van der Waals surface area contributed by atoms with Gasteiger partial charge in [-0.25, -0.2) is 14.8 Å². The minimum Gasteiger partial charge on any atom is -0.478 e. The Morgan fingerprint density at radius 3 is 2.43 bits per heavy atom. The number of nitrogens with zero attached hydrogens (tertiary/aromatic N) is 8. The third-order valence-corrected chi connectivity index (χ3v) is 10.7. The molecule has 0 radical (unpaired) electrons. The maximum Gasteiger partial charge on any atom is 0.338 e. The number of aromatic nitrogens is 6. The summed E-state index contributed by atoms with van der Waals surface area (Å²) in [4.78, 5) is 58.1. The van der Waals surface area contributed by atoms with Gasteiger partial charge < -0.3 is 25.0 Å². The summed E-state index contributed by atoms with van der Waals surface area (Å²) in [5.41, 5.74) is 6.17. The van der Waals surface area contributed by atoms with Gasteiger partial charge in [0.25, 0.3) is 5.91 Å². The van der Waals surface area contributed by atoms with E-state index in [2.05, 4.69) is 37.1 Å². The third kappa shape index (κ3) is 7.06. The molecule has 3 aliphatic rings. The molecule has 0 bridgehead atoms. The van der Waals surface area contributed by atoms with E-state index in [1.807, 2.05) is 34.2 Å². The topological polar surface area (TPSA) is 169 Å². The summed E-state index contributed by atoms with van der Waals surface area (Å²) in [6.45, 7) is 6.29. The molecule has 0 aliphatic carbocycles. The first-order chi connectivity index (χ1) is 25.8. The molecule has 4 aromatic heterocycles. The van der Waals surface area contributed by atoms with Crippen LogP contribution in [0.15, 0.2) is 61.2 Å². The van der Waals surface area contributed by atoms with Gasteiger partial charge in [-0.3, -0.25) is 24.2 Å². The number of anilines is 1. The van der Waals surface area contributed by atoms with Crippen LogP contribution in [0.25, 0.3) is 33.3 Å². The molecule has 0 spiro atoms. The molecule has 14 nitrogen and oxygen atoms in total. The number of pyridine rings is 2. The number of carbonyl (C=O) groups is 3. The highest BCUT2D eigenvalue weighted by Crippen LogP contribution is 2.37. The first kappa shape index (κ1) is 34.3. The van der Waals surface area contributed by atoms with Crippen LogP contribution in [0.3, 0.4) is 0 Å². The largest absolute Gasteiger partial charge is 0.478 e. The van der Waals surface area contributed by atoms with Crippen molar-refractivity contribution in [1.82, 2.24) is 39.9 Å². The van der Waals surface area contributed by atoms with Gasteiger partial charge in [-0.1, -0.05) is 18.2 Å². The van der Waals surface area contributed by atoms with Crippen molar-refractivity contribution in [2.24, 2.45) is 5.92 Å². The molecule has 14 heteroatoms. The SMILES string of the molecule is CC(=O)N1CCc2c(c(-c3cccc4cc(-c5ccc(C(=O)NCC6CCN(c7ncc(C(=O)O)cn7)CC6)nc5)ncc34)nn2C2CCOCC2)C1. The van der Waals surface area contributed by atoms with E-state index in [-0.39, 0.29) is 23.4 Å². The summed E-state index contributed by atoms with van der Waals surface area (Å²) in [7, 11) is 0. The second-order valence-corrected chi connectivity index (χ2v) is 14.0. The Balaban J connectivity index is 0.944. The smallest absolute Gasteiger partial charge is 0.338 e. The van der Waals surface area contributed by atoms with E-state index in [1.165, 1.54) is 18.1 Å². The van der Waals surface area contributed by atoms with E-state index in [9.17, 15) is 14.4 Å². The Labute approximate surface area is 306 Å². The van der Waals surface area contributed by atoms with Crippen LogP contribution in [-0.4, -0.2) is 96.9 Å². The summed E-state index contributed by atoms with van der Waals surface area (Å²) in [6, 6.07) is 12.1. The van der Waals surface area contributed by atoms with Crippen LogP contribution in [0, 0.1) is 5.92 Å². The molecular weight excluding hydrogens is 674 g/mol. The van der Waals surface area contributed by atoms with Gasteiger partial charge in [-0.15, -0.1) is 0 Å². The lowest BCUT2D eigenvalue weighted by Gasteiger charge is -2.32. The van der Waals surface area contributed by atoms with Crippen molar-refractivity contribution in [3.8, 4) is 22.5 Å². The lowest BCUT2D eigenvalue weighted by Crippen LogP contribution is -2.39. The number of fused-ring (bicyclic) bond motifs is 2. The monoisotopic (exact) mass is 715 g/mol. The van der Waals surface area contributed by atoms with Crippen LogP contribution in [0.4, 0.5) is 5.95 Å². The number of ether oxygens (including phenoxy) is 1. The zero-order chi connectivity index (χ0) is 36.5. The summed E-state index contributed by atoms with van der Waals surface area (Å²) in [5, 5.41) is 19.3. The van der Waals surface area contributed by atoms with Crippen LogP contribution in [0.5, 0.6) is 0 Å². The summed E-state index contributed by atoms with van der Waals surface area (Å²) < 4.78 is 7.85. The summed E-state index contributed by atoms with van der Waals surface area (Å²) in [6.07, 6.45) is 10.5. The Morgan fingerprint density at radius 1 is 0.925 bits per heavy atom. The van der Waals surface area contributed by atoms with Crippen molar-refractivity contribution >= 4 is 34.5 Å². The van der Waals surface area contributed by atoms with E-state index in [1.54, 1.807) is 19.2 Å². The molecule has 0 atom stereocenters. The van der Waals surface area contributed by atoms with Crippen molar-refractivity contribution in [1.29, 1.82) is 0 Å². The van der Waals surface area contributed by atoms with Gasteiger partial charge in [0.1, 0.15) is 5.69 Å². The van der Waals surface area contributed by atoms with Gasteiger partial charge in [0.05, 0.1) is 23.0 Å². The Hall–Kier alpha value is -5.76. The molecule has 7 heterocycles. The number of carboxylic acids is 1. The van der Waals surface area contributed by atoms with Crippen molar-refractivity contribution in [2.75, 3.05) is 44.3 Å². The molecule has 2 amide bonds. The highest BCUT2D eigenvalue weighted by atomic mass is 16.5. The van der Waals surface area contributed by atoms with Gasteiger partial charge in [-0.2, -0.15) is 5.10 Å². The van der Waals surface area contributed by atoms with E-state index in [0.29, 0.717) is 37.2 Å². The predicted octanol–water partition coefficient (Wildman–Crippen LogP) is 4.55. The van der Waals surface area contributed by atoms with Crippen molar-refractivity contribution < 1.29 is 24.2 Å². The molecule has 272 valence electrons. The molecule has 2 saturated heterocycles. The zero-order valence-corrected chi connectivity index (χ0v) is 29.6. The molecule has 53 heavy (non-hydrogen) atoms. The Kier molecular flexibility index (Phi) is 9.52. The number of piperidine rings is 1. The molecule has 1 aromatic carbocycles. The normalized spacial score (nSPS) is 16.8. The number of rotatable bonds is 8. The van der Waals surface area contributed by atoms with Crippen molar-refractivity contribution in [2.45, 2.75) is 51.6 Å². The number of nitrogens with one attached hydrogen (secondary N) is 1.